The Morgan fingerprint density at radius 3 is 2.52 bits per heavy atom. The van der Waals surface area contributed by atoms with E-state index in [1.165, 1.54) is 12.8 Å². The number of likely N-dealkylation sites (tertiary alicyclic amines) is 1. The highest BCUT2D eigenvalue weighted by Crippen LogP contribution is 2.39. The Kier molecular flexibility index (Phi) is 4.71. The quantitative estimate of drug-likeness (QED) is 0.835. The average Bonchev–Trinajstić information content (AvgIpc) is 3.26. The first-order chi connectivity index (χ1) is 11.0. The molecule has 1 amide bonds. The van der Waals surface area contributed by atoms with Crippen LogP contribution in [-0.2, 0) is 11.3 Å². The zero-order valence-corrected chi connectivity index (χ0v) is 14.7. The lowest BCUT2D eigenvalue weighted by Crippen LogP contribution is -2.56. The van der Waals surface area contributed by atoms with E-state index in [1.54, 1.807) is 6.33 Å². The summed E-state index contributed by atoms with van der Waals surface area (Å²) in [5.74, 6) is 1.14. The molecular weight excluding hydrogens is 290 g/mol. The second-order valence-electron chi connectivity index (χ2n) is 7.34. The Labute approximate surface area is 138 Å². The first-order valence-corrected chi connectivity index (χ1v) is 8.93. The van der Waals surface area contributed by atoms with Crippen molar-refractivity contribution in [3.63, 3.8) is 0 Å². The van der Waals surface area contributed by atoms with Crippen LogP contribution in [0.4, 0.5) is 0 Å². The van der Waals surface area contributed by atoms with Crippen molar-refractivity contribution in [2.75, 3.05) is 20.1 Å². The molecule has 0 N–H and O–H groups in total. The van der Waals surface area contributed by atoms with Crippen molar-refractivity contribution >= 4 is 5.91 Å². The monoisotopic (exact) mass is 319 g/mol. The maximum absolute atomic E-state index is 13.3. The van der Waals surface area contributed by atoms with Crippen molar-refractivity contribution in [2.45, 2.75) is 70.5 Å². The maximum atomic E-state index is 13.3. The number of hydrogen-bond acceptors (Lipinski definition) is 4. The standard InChI is InChI=1S/C17H29N5O/c1-14(2)22-13-18-19-15(22)12-20(3)16(23)17(8-4-5-9-17)21-10-6-7-11-21/h13-14H,4-12H2,1-3H3. The van der Waals surface area contributed by atoms with E-state index in [-0.39, 0.29) is 11.4 Å². The second-order valence-corrected chi connectivity index (χ2v) is 7.34. The van der Waals surface area contributed by atoms with E-state index < -0.39 is 0 Å². The van der Waals surface area contributed by atoms with E-state index in [4.69, 9.17) is 0 Å². The van der Waals surface area contributed by atoms with Crippen LogP contribution < -0.4 is 0 Å². The fourth-order valence-corrected chi connectivity index (χ4v) is 4.22. The van der Waals surface area contributed by atoms with Gasteiger partial charge in [0.25, 0.3) is 0 Å². The molecule has 23 heavy (non-hydrogen) atoms. The van der Waals surface area contributed by atoms with Crippen LogP contribution in [0.25, 0.3) is 0 Å². The maximum Gasteiger partial charge on any atom is 0.243 e. The Hall–Kier alpha value is -1.43. The lowest BCUT2D eigenvalue weighted by Gasteiger charge is -2.39. The second kappa shape index (κ2) is 6.59. The average molecular weight is 319 g/mol. The Balaban J connectivity index is 1.76. The molecule has 0 bridgehead atoms. The number of carbonyl (C=O) groups is 1. The smallest absolute Gasteiger partial charge is 0.243 e. The summed E-state index contributed by atoms with van der Waals surface area (Å²) in [6, 6.07) is 0.308. The summed E-state index contributed by atoms with van der Waals surface area (Å²) in [6.45, 7) is 6.89. The predicted molar refractivity (Wildman–Crippen MR) is 88.9 cm³/mol. The minimum Gasteiger partial charge on any atom is -0.337 e. The summed E-state index contributed by atoms with van der Waals surface area (Å²) < 4.78 is 2.04. The highest BCUT2D eigenvalue weighted by molar-refractivity contribution is 5.86. The zero-order chi connectivity index (χ0) is 16.4. The summed E-state index contributed by atoms with van der Waals surface area (Å²) in [6.07, 6.45) is 8.54. The van der Waals surface area contributed by atoms with Crippen LogP contribution in [0.3, 0.4) is 0 Å². The van der Waals surface area contributed by atoms with Crippen molar-refractivity contribution in [3.05, 3.63) is 12.2 Å². The van der Waals surface area contributed by atoms with Crippen LogP contribution in [-0.4, -0.2) is 56.1 Å². The summed E-state index contributed by atoms with van der Waals surface area (Å²) in [4.78, 5) is 17.6. The van der Waals surface area contributed by atoms with Crippen molar-refractivity contribution in [3.8, 4) is 0 Å². The van der Waals surface area contributed by atoms with Crippen molar-refractivity contribution in [1.82, 2.24) is 24.6 Å². The van der Waals surface area contributed by atoms with Gasteiger partial charge in [0.05, 0.1) is 6.54 Å². The molecule has 2 aliphatic rings. The highest BCUT2D eigenvalue weighted by Gasteiger charge is 2.48. The molecule has 1 aliphatic carbocycles. The van der Waals surface area contributed by atoms with Gasteiger partial charge < -0.3 is 9.47 Å². The third-order valence-electron chi connectivity index (χ3n) is 5.47. The molecular formula is C17H29N5O. The molecule has 0 atom stereocenters. The largest absolute Gasteiger partial charge is 0.337 e. The topological polar surface area (TPSA) is 54.3 Å². The van der Waals surface area contributed by atoms with Gasteiger partial charge in [0, 0.05) is 13.1 Å². The number of rotatable bonds is 5. The molecule has 1 aliphatic heterocycles. The summed E-state index contributed by atoms with van der Waals surface area (Å²) >= 11 is 0. The van der Waals surface area contributed by atoms with Crippen molar-refractivity contribution in [1.29, 1.82) is 0 Å². The molecule has 6 heteroatoms. The van der Waals surface area contributed by atoms with Gasteiger partial charge in [-0.2, -0.15) is 0 Å². The van der Waals surface area contributed by atoms with Gasteiger partial charge >= 0.3 is 0 Å². The molecule has 1 saturated heterocycles. The van der Waals surface area contributed by atoms with Crippen LogP contribution in [0, 0.1) is 0 Å². The number of amides is 1. The van der Waals surface area contributed by atoms with E-state index in [0.29, 0.717) is 12.6 Å². The summed E-state index contributed by atoms with van der Waals surface area (Å²) in [5.41, 5.74) is -0.256. The van der Waals surface area contributed by atoms with E-state index >= 15 is 0 Å². The predicted octanol–water partition coefficient (Wildman–Crippen LogP) is 2.23. The van der Waals surface area contributed by atoms with E-state index in [1.807, 2.05) is 16.5 Å². The van der Waals surface area contributed by atoms with E-state index in [0.717, 1.165) is 44.6 Å². The van der Waals surface area contributed by atoms with Gasteiger partial charge in [-0.25, -0.2) is 0 Å². The molecule has 0 unspecified atom stereocenters. The molecule has 3 rings (SSSR count). The molecule has 1 saturated carbocycles. The molecule has 2 heterocycles. The van der Waals surface area contributed by atoms with Crippen LogP contribution >= 0.6 is 0 Å². The fraction of sp³-hybridized carbons (Fsp3) is 0.824. The van der Waals surface area contributed by atoms with Gasteiger partial charge in [0.2, 0.25) is 5.91 Å². The van der Waals surface area contributed by atoms with Gasteiger partial charge in [0.15, 0.2) is 5.82 Å². The lowest BCUT2D eigenvalue weighted by molar-refractivity contribution is -0.143. The summed E-state index contributed by atoms with van der Waals surface area (Å²) in [5, 5.41) is 8.22. The van der Waals surface area contributed by atoms with Gasteiger partial charge in [-0.05, 0) is 52.6 Å². The minimum atomic E-state index is -0.256. The van der Waals surface area contributed by atoms with Crippen molar-refractivity contribution < 1.29 is 4.79 Å². The van der Waals surface area contributed by atoms with Crippen LogP contribution in [0.2, 0.25) is 0 Å². The number of carbonyl (C=O) groups excluding carboxylic acids is 1. The lowest BCUT2D eigenvalue weighted by atomic mass is 9.93. The number of nitrogens with zero attached hydrogens (tertiary/aromatic N) is 5. The molecule has 6 nitrogen and oxygen atoms in total. The van der Waals surface area contributed by atoms with Gasteiger partial charge in [-0.1, -0.05) is 12.8 Å². The van der Waals surface area contributed by atoms with Gasteiger partial charge in [0.1, 0.15) is 11.9 Å². The molecule has 128 valence electrons. The van der Waals surface area contributed by atoms with E-state index in [9.17, 15) is 4.79 Å². The molecule has 2 fully saturated rings. The van der Waals surface area contributed by atoms with Crippen molar-refractivity contribution in [2.24, 2.45) is 0 Å². The molecule has 0 spiro atoms. The normalized spacial score (nSPS) is 21.2. The minimum absolute atomic E-state index is 0.256. The Morgan fingerprint density at radius 1 is 1.26 bits per heavy atom. The van der Waals surface area contributed by atoms with Gasteiger partial charge in [-0.15, -0.1) is 10.2 Å². The SMILES string of the molecule is CC(C)n1cnnc1CN(C)C(=O)C1(N2CCCC2)CCCC1. The third-order valence-corrected chi connectivity index (χ3v) is 5.47. The summed E-state index contributed by atoms with van der Waals surface area (Å²) in [7, 11) is 1.91. The molecule has 1 aromatic heterocycles. The Morgan fingerprint density at radius 2 is 1.91 bits per heavy atom. The van der Waals surface area contributed by atoms with E-state index in [2.05, 4.69) is 28.9 Å². The van der Waals surface area contributed by atoms with Crippen LogP contribution in [0.1, 0.15) is 64.2 Å². The fourth-order valence-electron chi connectivity index (χ4n) is 4.22. The third kappa shape index (κ3) is 3.01. The first kappa shape index (κ1) is 16.4. The first-order valence-electron chi connectivity index (χ1n) is 8.93. The number of likely N-dealkylation sites (N-methyl/N-ethyl adjacent to an activating group) is 1. The number of hydrogen-bond donors (Lipinski definition) is 0. The van der Waals surface area contributed by atoms with Crippen LogP contribution in [0.5, 0.6) is 0 Å². The van der Waals surface area contributed by atoms with Gasteiger partial charge in [-0.3, -0.25) is 9.69 Å². The zero-order valence-electron chi connectivity index (χ0n) is 14.7. The molecule has 1 aromatic rings. The highest BCUT2D eigenvalue weighted by atomic mass is 16.2. The number of aromatic nitrogens is 3. The van der Waals surface area contributed by atoms with Crippen LogP contribution in [0.15, 0.2) is 6.33 Å². The Bertz CT molecular complexity index is 541. The molecule has 0 radical (unpaired) electrons. The molecule has 0 aromatic carbocycles.